The molecule has 0 amide bonds. The van der Waals surface area contributed by atoms with Gasteiger partial charge in [-0.2, -0.15) is 26.9 Å². The van der Waals surface area contributed by atoms with Gasteiger partial charge in [-0.25, -0.2) is 0 Å². The molecule has 86 valence electrons. The second kappa shape index (κ2) is 3.77. The molecule has 0 saturated carbocycles. The molecule has 4 nitrogen and oxygen atoms in total. The number of hydrogen-bond acceptors (Lipinski definition) is 3. The van der Waals surface area contributed by atoms with Gasteiger partial charge < -0.3 is 0 Å². The smallest absolute Gasteiger partial charge is 0.282 e. The first-order chi connectivity index (χ1) is 7.16. The molecule has 0 bridgehead atoms. The quantitative estimate of drug-likeness (QED) is 0.772. The van der Waals surface area contributed by atoms with Crippen LogP contribution in [0.1, 0.15) is 11.1 Å². The highest BCUT2D eigenvalue weighted by atomic mass is 32.2. The molecule has 0 atom stereocenters. The lowest BCUT2D eigenvalue weighted by Gasteiger charge is -2.09. The largest absolute Gasteiger partial charge is 0.417 e. The molecule has 0 radical (unpaired) electrons. The lowest BCUT2D eigenvalue weighted by molar-refractivity contribution is -0.137. The van der Waals surface area contributed by atoms with Crippen LogP contribution in [0.25, 0.3) is 0 Å². The van der Waals surface area contributed by atoms with Gasteiger partial charge in [-0.05, 0) is 18.2 Å². The Morgan fingerprint density at radius 1 is 1.31 bits per heavy atom. The Hall–Kier alpha value is -1.59. The van der Waals surface area contributed by atoms with Crippen molar-refractivity contribution in [1.82, 2.24) is 0 Å². The van der Waals surface area contributed by atoms with Crippen molar-refractivity contribution in [3.05, 3.63) is 29.3 Å². The zero-order valence-corrected chi connectivity index (χ0v) is 8.30. The fraction of sp³-hybridized carbons (Fsp3) is 0.125. The lowest BCUT2D eigenvalue weighted by atomic mass is 10.1. The fourth-order valence-corrected chi connectivity index (χ4v) is 1.52. The summed E-state index contributed by atoms with van der Waals surface area (Å²) in [6.07, 6.45) is -4.86. The summed E-state index contributed by atoms with van der Waals surface area (Å²) in [6, 6.07) is 2.91. The van der Waals surface area contributed by atoms with Crippen LogP contribution in [0.15, 0.2) is 23.1 Å². The van der Waals surface area contributed by atoms with Gasteiger partial charge in [0.15, 0.2) is 0 Å². The second-order valence-electron chi connectivity index (χ2n) is 2.79. The number of benzene rings is 1. The van der Waals surface area contributed by atoms with Crippen molar-refractivity contribution in [2.45, 2.75) is 11.1 Å². The van der Waals surface area contributed by atoms with E-state index in [-0.39, 0.29) is 6.07 Å². The molecule has 0 aromatic heterocycles. The van der Waals surface area contributed by atoms with E-state index < -0.39 is 32.3 Å². The van der Waals surface area contributed by atoms with E-state index in [1.54, 1.807) is 0 Å². The summed E-state index contributed by atoms with van der Waals surface area (Å²) in [5.74, 6) is 0. The molecule has 1 N–H and O–H groups in total. The maximum atomic E-state index is 12.4. The Bertz CT molecular complexity index is 557. The summed E-state index contributed by atoms with van der Waals surface area (Å²) >= 11 is 0. The number of nitriles is 1. The van der Waals surface area contributed by atoms with Crippen molar-refractivity contribution >= 4 is 10.1 Å². The highest BCUT2D eigenvalue weighted by molar-refractivity contribution is 7.85. The molecular weight excluding hydrogens is 247 g/mol. The van der Waals surface area contributed by atoms with Crippen molar-refractivity contribution in [2.24, 2.45) is 0 Å². The molecule has 16 heavy (non-hydrogen) atoms. The van der Waals surface area contributed by atoms with E-state index >= 15 is 0 Å². The molecule has 1 aromatic rings. The number of halogens is 3. The first-order valence-electron chi connectivity index (χ1n) is 3.75. The SMILES string of the molecule is N#Cc1ccc(S(=O)(=O)O)cc1C(F)(F)F. The van der Waals surface area contributed by atoms with Crippen LogP contribution in [0.5, 0.6) is 0 Å². The third-order valence-electron chi connectivity index (χ3n) is 1.71. The number of hydrogen-bond donors (Lipinski definition) is 1. The van der Waals surface area contributed by atoms with Crippen LogP contribution in [-0.2, 0) is 16.3 Å². The van der Waals surface area contributed by atoms with Crippen LogP contribution in [0.4, 0.5) is 13.2 Å². The monoisotopic (exact) mass is 251 g/mol. The first-order valence-corrected chi connectivity index (χ1v) is 5.19. The van der Waals surface area contributed by atoms with E-state index in [2.05, 4.69) is 0 Å². The van der Waals surface area contributed by atoms with Crippen molar-refractivity contribution in [3.8, 4) is 6.07 Å². The van der Waals surface area contributed by atoms with E-state index in [0.29, 0.717) is 6.07 Å². The Labute approximate surface area is 88.7 Å². The van der Waals surface area contributed by atoms with Gasteiger partial charge in [0.2, 0.25) is 0 Å². The van der Waals surface area contributed by atoms with Gasteiger partial charge in [0.1, 0.15) is 0 Å². The van der Waals surface area contributed by atoms with Crippen LogP contribution < -0.4 is 0 Å². The molecule has 0 unspecified atom stereocenters. The molecule has 0 aliphatic rings. The Morgan fingerprint density at radius 3 is 2.25 bits per heavy atom. The van der Waals surface area contributed by atoms with Gasteiger partial charge in [-0.1, -0.05) is 0 Å². The lowest BCUT2D eigenvalue weighted by Crippen LogP contribution is -2.10. The maximum Gasteiger partial charge on any atom is 0.417 e. The molecular formula is C8H4F3NO3S. The number of rotatable bonds is 1. The maximum absolute atomic E-state index is 12.4. The predicted molar refractivity (Wildman–Crippen MR) is 46.0 cm³/mol. The summed E-state index contributed by atoms with van der Waals surface area (Å²) in [6.45, 7) is 0. The average Bonchev–Trinajstić information content (AvgIpc) is 2.14. The Morgan fingerprint density at radius 2 is 1.88 bits per heavy atom. The molecule has 0 aliphatic carbocycles. The van der Waals surface area contributed by atoms with Gasteiger partial charge >= 0.3 is 6.18 Å². The zero-order valence-electron chi connectivity index (χ0n) is 7.49. The minimum atomic E-state index is -4.86. The minimum absolute atomic E-state index is 0.216. The summed E-state index contributed by atoms with van der Waals surface area (Å²) in [4.78, 5) is -0.904. The highest BCUT2D eigenvalue weighted by Gasteiger charge is 2.34. The third kappa shape index (κ3) is 2.50. The molecule has 0 heterocycles. The minimum Gasteiger partial charge on any atom is -0.282 e. The van der Waals surface area contributed by atoms with Gasteiger partial charge in [0, 0.05) is 0 Å². The van der Waals surface area contributed by atoms with E-state index in [9.17, 15) is 21.6 Å². The zero-order chi connectivity index (χ0) is 12.6. The van der Waals surface area contributed by atoms with Crippen molar-refractivity contribution in [3.63, 3.8) is 0 Å². The van der Waals surface area contributed by atoms with Crippen LogP contribution in [0.2, 0.25) is 0 Å². The molecule has 0 saturated heterocycles. The Kier molecular flexibility index (Phi) is 2.94. The molecule has 1 rings (SSSR count). The van der Waals surface area contributed by atoms with Crippen LogP contribution in [0, 0.1) is 11.3 Å². The van der Waals surface area contributed by atoms with Crippen molar-refractivity contribution in [1.29, 1.82) is 5.26 Å². The van der Waals surface area contributed by atoms with Crippen molar-refractivity contribution < 1.29 is 26.1 Å². The number of nitrogens with zero attached hydrogens (tertiary/aromatic N) is 1. The van der Waals surface area contributed by atoms with Gasteiger partial charge in [0.05, 0.1) is 22.1 Å². The first kappa shape index (κ1) is 12.5. The summed E-state index contributed by atoms with van der Waals surface area (Å²) in [7, 11) is -4.72. The molecule has 0 spiro atoms. The standard InChI is InChI=1S/C8H4F3NO3S/c9-8(10,11)7-3-6(16(13,14)15)2-1-5(7)4-12/h1-3H,(H,13,14,15). The van der Waals surface area contributed by atoms with Crippen LogP contribution >= 0.6 is 0 Å². The second-order valence-corrected chi connectivity index (χ2v) is 4.21. The van der Waals surface area contributed by atoms with Gasteiger partial charge in [-0.15, -0.1) is 0 Å². The average molecular weight is 251 g/mol. The summed E-state index contributed by atoms with van der Waals surface area (Å²) in [5.41, 5.74) is -2.11. The van der Waals surface area contributed by atoms with E-state index in [0.717, 1.165) is 6.07 Å². The fourth-order valence-electron chi connectivity index (χ4n) is 1.02. The molecule has 0 aliphatic heterocycles. The Balaban J connectivity index is 3.53. The van der Waals surface area contributed by atoms with E-state index in [1.807, 2.05) is 0 Å². The highest BCUT2D eigenvalue weighted by Crippen LogP contribution is 2.33. The van der Waals surface area contributed by atoms with Crippen molar-refractivity contribution in [2.75, 3.05) is 0 Å². The van der Waals surface area contributed by atoms with Gasteiger partial charge in [-0.3, -0.25) is 4.55 Å². The van der Waals surface area contributed by atoms with Crippen LogP contribution in [-0.4, -0.2) is 13.0 Å². The summed E-state index contributed by atoms with van der Waals surface area (Å²) in [5, 5.41) is 8.41. The van der Waals surface area contributed by atoms with Crippen LogP contribution in [0.3, 0.4) is 0 Å². The van der Waals surface area contributed by atoms with E-state index in [4.69, 9.17) is 9.81 Å². The topological polar surface area (TPSA) is 78.2 Å². The summed E-state index contributed by atoms with van der Waals surface area (Å²) < 4.78 is 66.9. The molecule has 8 heteroatoms. The molecule has 0 fully saturated rings. The predicted octanol–water partition coefficient (Wildman–Crippen LogP) is 1.82. The normalized spacial score (nSPS) is 12.2. The van der Waals surface area contributed by atoms with E-state index in [1.165, 1.54) is 6.07 Å². The third-order valence-corrected chi connectivity index (χ3v) is 2.56. The number of alkyl halides is 3. The van der Waals surface area contributed by atoms with Gasteiger partial charge in [0.25, 0.3) is 10.1 Å². The molecule has 1 aromatic carbocycles.